The molecule has 0 saturated heterocycles. The van der Waals surface area contributed by atoms with Gasteiger partial charge in [-0.1, -0.05) is 6.07 Å². The third kappa shape index (κ3) is 1.71. The van der Waals surface area contributed by atoms with Crippen molar-refractivity contribution in [3.63, 3.8) is 0 Å². The fourth-order valence-electron chi connectivity index (χ4n) is 1.27. The molecule has 0 bridgehead atoms. The third-order valence-corrected chi connectivity index (χ3v) is 2.77. The van der Waals surface area contributed by atoms with Crippen LogP contribution in [-0.2, 0) is 0 Å². The lowest BCUT2D eigenvalue weighted by molar-refractivity contribution is 1.41. The Bertz CT molecular complexity index is 559. The molecular formula is C11H5N3S. The van der Waals surface area contributed by atoms with Gasteiger partial charge in [0.1, 0.15) is 0 Å². The van der Waals surface area contributed by atoms with Crippen molar-refractivity contribution in [2.45, 2.75) is 0 Å². The number of nitrogens with zero attached hydrogens (tertiary/aromatic N) is 3. The van der Waals surface area contributed by atoms with Crippen molar-refractivity contribution >= 4 is 11.3 Å². The molecule has 0 unspecified atom stereocenters. The van der Waals surface area contributed by atoms with Gasteiger partial charge in [0.05, 0.1) is 33.7 Å². The van der Waals surface area contributed by atoms with E-state index in [1.54, 1.807) is 29.9 Å². The predicted octanol–water partition coefficient (Wildman–Crippen LogP) is 2.55. The maximum atomic E-state index is 8.96. The van der Waals surface area contributed by atoms with Crippen LogP contribution in [0.5, 0.6) is 0 Å². The average Bonchev–Trinajstić information content (AvgIpc) is 2.81. The number of rotatable bonds is 1. The van der Waals surface area contributed by atoms with Crippen molar-refractivity contribution in [3.05, 3.63) is 41.0 Å². The molecule has 70 valence electrons. The van der Waals surface area contributed by atoms with Gasteiger partial charge in [-0.15, -0.1) is 11.3 Å². The van der Waals surface area contributed by atoms with Crippen LogP contribution in [-0.4, -0.2) is 4.98 Å². The highest BCUT2D eigenvalue weighted by atomic mass is 32.1. The molecule has 0 fully saturated rings. The molecule has 2 aromatic rings. The minimum Gasteiger partial charge on any atom is -0.252 e. The number of nitriles is 2. The largest absolute Gasteiger partial charge is 0.252 e. The van der Waals surface area contributed by atoms with Crippen LogP contribution in [0.15, 0.2) is 29.9 Å². The summed E-state index contributed by atoms with van der Waals surface area (Å²) >= 11 is 1.47. The molecular weight excluding hydrogens is 206 g/mol. The maximum absolute atomic E-state index is 8.96. The van der Waals surface area contributed by atoms with Gasteiger partial charge in [-0.25, -0.2) is 0 Å². The molecule has 0 saturated carbocycles. The summed E-state index contributed by atoms with van der Waals surface area (Å²) < 4.78 is 0. The fraction of sp³-hybridized carbons (Fsp3) is 0. The summed E-state index contributed by atoms with van der Waals surface area (Å²) in [5.74, 6) is 0. The summed E-state index contributed by atoms with van der Waals surface area (Å²) in [6.07, 6.45) is 1.72. The van der Waals surface area contributed by atoms with Crippen LogP contribution >= 0.6 is 11.3 Å². The number of hydrogen-bond acceptors (Lipinski definition) is 4. The van der Waals surface area contributed by atoms with Crippen LogP contribution in [0.4, 0.5) is 0 Å². The monoisotopic (exact) mass is 211 g/mol. The Hall–Kier alpha value is -2.17. The van der Waals surface area contributed by atoms with Crippen molar-refractivity contribution in [1.82, 2.24) is 4.98 Å². The molecule has 3 nitrogen and oxygen atoms in total. The number of hydrogen-bond donors (Lipinski definition) is 0. The van der Waals surface area contributed by atoms with Crippen LogP contribution in [0, 0.1) is 22.7 Å². The Kier molecular flexibility index (Phi) is 2.45. The normalized spacial score (nSPS) is 9.20. The molecule has 0 atom stereocenters. The molecule has 0 aliphatic heterocycles. The van der Waals surface area contributed by atoms with Gasteiger partial charge >= 0.3 is 0 Å². The molecule has 1 aromatic heterocycles. The first-order chi connectivity index (χ1) is 7.35. The van der Waals surface area contributed by atoms with E-state index in [2.05, 4.69) is 11.1 Å². The lowest BCUT2D eigenvalue weighted by Crippen LogP contribution is -1.83. The van der Waals surface area contributed by atoms with Crippen molar-refractivity contribution < 1.29 is 0 Å². The lowest BCUT2D eigenvalue weighted by Gasteiger charge is -1.99. The second-order valence-corrected chi connectivity index (χ2v) is 3.74. The third-order valence-electron chi connectivity index (χ3n) is 1.97. The highest BCUT2D eigenvalue weighted by molar-refractivity contribution is 7.13. The van der Waals surface area contributed by atoms with E-state index in [4.69, 9.17) is 10.5 Å². The highest BCUT2D eigenvalue weighted by Gasteiger charge is 2.06. The van der Waals surface area contributed by atoms with Gasteiger partial charge in [-0.05, 0) is 12.1 Å². The zero-order valence-electron chi connectivity index (χ0n) is 7.64. The SMILES string of the molecule is N#Cc1ccc(-c2cncs2)c(C#N)c1. The minimum atomic E-state index is 0.500. The Balaban J connectivity index is 2.60. The average molecular weight is 211 g/mol. The molecule has 0 radical (unpaired) electrons. The lowest BCUT2D eigenvalue weighted by atomic mass is 10.0. The van der Waals surface area contributed by atoms with Crippen molar-refractivity contribution in [2.24, 2.45) is 0 Å². The van der Waals surface area contributed by atoms with E-state index in [1.165, 1.54) is 11.3 Å². The van der Waals surface area contributed by atoms with Gasteiger partial charge in [-0.3, -0.25) is 4.98 Å². The van der Waals surface area contributed by atoms with E-state index in [1.807, 2.05) is 6.07 Å². The minimum absolute atomic E-state index is 0.500. The molecule has 1 aromatic carbocycles. The summed E-state index contributed by atoms with van der Waals surface area (Å²) in [5, 5.41) is 17.7. The summed E-state index contributed by atoms with van der Waals surface area (Å²) in [4.78, 5) is 4.90. The summed E-state index contributed by atoms with van der Waals surface area (Å²) in [6, 6.07) is 9.18. The molecule has 0 spiro atoms. The molecule has 0 amide bonds. The van der Waals surface area contributed by atoms with Crippen LogP contribution in [0.2, 0.25) is 0 Å². The van der Waals surface area contributed by atoms with Gasteiger partial charge in [0.25, 0.3) is 0 Å². The molecule has 15 heavy (non-hydrogen) atoms. The van der Waals surface area contributed by atoms with Gasteiger partial charge < -0.3 is 0 Å². The molecule has 0 aliphatic rings. The standard InChI is InChI=1S/C11H5N3S/c12-4-8-1-2-10(9(3-8)5-13)11-6-14-7-15-11/h1-3,6-7H. The number of benzene rings is 1. The van der Waals surface area contributed by atoms with E-state index in [0.717, 1.165) is 10.4 Å². The first kappa shape index (κ1) is 9.39. The van der Waals surface area contributed by atoms with Crippen molar-refractivity contribution in [2.75, 3.05) is 0 Å². The van der Waals surface area contributed by atoms with Crippen LogP contribution in [0.1, 0.15) is 11.1 Å². The smallest absolute Gasteiger partial charge is 0.0998 e. The van der Waals surface area contributed by atoms with Gasteiger partial charge in [0.2, 0.25) is 0 Å². The quantitative estimate of drug-likeness (QED) is 0.728. The Morgan fingerprint density at radius 3 is 2.67 bits per heavy atom. The second kappa shape index (κ2) is 3.91. The Labute approximate surface area is 90.9 Å². The zero-order chi connectivity index (χ0) is 10.7. The van der Waals surface area contributed by atoms with Crippen LogP contribution < -0.4 is 0 Å². The van der Waals surface area contributed by atoms with E-state index < -0.39 is 0 Å². The molecule has 0 aliphatic carbocycles. The van der Waals surface area contributed by atoms with Gasteiger partial charge in [0.15, 0.2) is 0 Å². The molecule has 4 heteroatoms. The van der Waals surface area contributed by atoms with Crippen molar-refractivity contribution in [1.29, 1.82) is 10.5 Å². The second-order valence-electron chi connectivity index (χ2n) is 2.85. The first-order valence-electron chi connectivity index (χ1n) is 4.18. The molecule has 0 N–H and O–H groups in total. The first-order valence-corrected chi connectivity index (χ1v) is 5.06. The highest BCUT2D eigenvalue weighted by Crippen LogP contribution is 2.27. The summed E-state index contributed by atoms with van der Waals surface area (Å²) in [5.41, 5.74) is 3.56. The molecule has 2 rings (SSSR count). The number of thiazole rings is 1. The predicted molar refractivity (Wildman–Crippen MR) is 57.0 cm³/mol. The Morgan fingerprint density at radius 2 is 2.07 bits per heavy atom. The topological polar surface area (TPSA) is 60.5 Å². The Morgan fingerprint density at radius 1 is 1.20 bits per heavy atom. The van der Waals surface area contributed by atoms with Crippen LogP contribution in [0.3, 0.4) is 0 Å². The summed E-state index contributed by atoms with van der Waals surface area (Å²) in [7, 11) is 0. The van der Waals surface area contributed by atoms with Gasteiger partial charge in [-0.2, -0.15) is 10.5 Å². The van der Waals surface area contributed by atoms with Crippen LogP contribution in [0.25, 0.3) is 10.4 Å². The maximum Gasteiger partial charge on any atom is 0.0998 e. The zero-order valence-corrected chi connectivity index (χ0v) is 8.45. The fourth-order valence-corrected chi connectivity index (χ4v) is 1.93. The van der Waals surface area contributed by atoms with E-state index >= 15 is 0 Å². The van der Waals surface area contributed by atoms with E-state index in [0.29, 0.717) is 11.1 Å². The molecule has 1 heterocycles. The number of aromatic nitrogens is 1. The van der Waals surface area contributed by atoms with E-state index in [-0.39, 0.29) is 0 Å². The van der Waals surface area contributed by atoms with Gasteiger partial charge in [0, 0.05) is 11.8 Å². The van der Waals surface area contributed by atoms with E-state index in [9.17, 15) is 0 Å². The van der Waals surface area contributed by atoms with Crippen molar-refractivity contribution in [3.8, 4) is 22.6 Å². The summed E-state index contributed by atoms with van der Waals surface area (Å²) in [6.45, 7) is 0.